The van der Waals surface area contributed by atoms with Gasteiger partial charge in [0.25, 0.3) is 0 Å². The average Bonchev–Trinajstić information content (AvgIpc) is 2.78. The third kappa shape index (κ3) is 4.93. The number of piperidine rings is 1. The van der Waals surface area contributed by atoms with Crippen LogP contribution in [-0.4, -0.2) is 50.2 Å². The number of nitrogens with one attached hydrogen (secondary N) is 3. The predicted octanol–water partition coefficient (Wildman–Crippen LogP) is 1.95. The van der Waals surface area contributed by atoms with Crippen molar-refractivity contribution in [2.75, 3.05) is 26.3 Å². The van der Waals surface area contributed by atoms with Crippen molar-refractivity contribution in [2.24, 2.45) is 11.3 Å². The average molecular weight is 412 g/mol. The van der Waals surface area contributed by atoms with Crippen LogP contribution in [-0.2, 0) is 20.7 Å². The summed E-state index contributed by atoms with van der Waals surface area (Å²) >= 11 is 0. The third-order valence-electron chi connectivity index (χ3n) is 6.89. The van der Waals surface area contributed by atoms with Gasteiger partial charge < -0.3 is 20.7 Å². The Morgan fingerprint density at radius 2 is 1.83 bits per heavy atom. The predicted molar refractivity (Wildman–Crippen MR) is 116 cm³/mol. The fourth-order valence-corrected chi connectivity index (χ4v) is 4.88. The summed E-state index contributed by atoms with van der Waals surface area (Å²) in [4.78, 5) is 26.8. The standard InChI is InChI=1S/C24H33N3O3/c28-22-21(16-18-6-2-1-3-7-18)27-23(29)24(11-14-30-15-12-24)10-5-4-8-19-17-25-13-9-20(19)26-22/h1-7,19-21,25H,8-17H2,(H,26,28)(H,27,29)/t19-,20-,21+/m1/s1. The molecule has 3 atom stereocenters. The summed E-state index contributed by atoms with van der Waals surface area (Å²) in [5.74, 6) is 0.280. The van der Waals surface area contributed by atoms with Crippen LogP contribution in [0.5, 0.6) is 0 Å². The van der Waals surface area contributed by atoms with E-state index in [-0.39, 0.29) is 17.9 Å². The van der Waals surface area contributed by atoms with Crippen molar-refractivity contribution in [1.82, 2.24) is 16.0 Å². The number of benzene rings is 1. The number of hydrogen-bond acceptors (Lipinski definition) is 4. The van der Waals surface area contributed by atoms with Gasteiger partial charge in [-0.1, -0.05) is 42.5 Å². The van der Waals surface area contributed by atoms with Gasteiger partial charge in [0.1, 0.15) is 6.04 Å². The second-order valence-electron chi connectivity index (χ2n) is 8.89. The Bertz CT molecular complexity index is 758. The van der Waals surface area contributed by atoms with Crippen LogP contribution in [0.3, 0.4) is 0 Å². The minimum atomic E-state index is -0.571. The Kier molecular flexibility index (Phi) is 6.85. The Hall–Kier alpha value is -2.18. The molecule has 162 valence electrons. The van der Waals surface area contributed by atoms with E-state index in [2.05, 4.69) is 28.1 Å². The van der Waals surface area contributed by atoms with Gasteiger partial charge in [0.2, 0.25) is 11.8 Å². The van der Waals surface area contributed by atoms with E-state index < -0.39 is 11.5 Å². The highest BCUT2D eigenvalue weighted by atomic mass is 16.5. The van der Waals surface area contributed by atoms with E-state index in [1.807, 2.05) is 30.3 Å². The highest BCUT2D eigenvalue weighted by molar-refractivity contribution is 5.90. The van der Waals surface area contributed by atoms with E-state index in [1.54, 1.807) is 0 Å². The molecule has 0 aromatic heterocycles. The lowest BCUT2D eigenvalue weighted by Gasteiger charge is -2.38. The molecule has 6 nitrogen and oxygen atoms in total. The maximum atomic E-state index is 13.4. The molecule has 1 aromatic rings. The minimum Gasteiger partial charge on any atom is -0.381 e. The van der Waals surface area contributed by atoms with Crippen molar-refractivity contribution < 1.29 is 14.3 Å². The number of amides is 2. The van der Waals surface area contributed by atoms with Crippen LogP contribution in [0.2, 0.25) is 0 Å². The number of rotatable bonds is 2. The molecule has 3 aliphatic heterocycles. The van der Waals surface area contributed by atoms with Gasteiger partial charge in [-0.15, -0.1) is 0 Å². The molecule has 1 spiro atoms. The van der Waals surface area contributed by atoms with Crippen LogP contribution in [0.4, 0.5) is 0 Å². The van der Waals surface area contributed by atoms with Crippen LogP contribution in [0.15, 0.2) is 42.5 Å². The van der Waals surface area contributed by atoms with Crippen molar-refractivity contribution >= 4 is 11.8 Å². The fraction of sp³-hybridized carbons (Fsp3) is 0.583. The van der Waals surface area contributed by atoms with Crippen molar-refractivity contribution in [3.8, 4) is 0 Å². The molecule has 0 bridgehead atoms. The first-order valence-corrected chi connectivity index (χ1v) is 11.2. The molecule has 6 heteroatoms. The Labute approximate surface area is 178 Å². The summed E-state index contributed by atoms with van der Waals surface area (Å²) in [5, 5.41) is 9.85. The van der Waals surface area contributed by atoms with E-state index in [9.17, 15) is 9.59 Å². The smallest absolute Gasteiger partial charge is 0.243 e. The molecule has 3 N–H and O–H groups in total. The molecule has 30 heavy (non-hydrogen) atoms. The quantitative estimate of drug-likeness (QED) is 0.650. The number of allylic oxidation sites excluding steroid dienone is 2. The van der Waals surface area contributed by atoms with E-state index >= 15 is 0 Å². The zero-order valence-corrected chi connectivity index (χ0v) is 17.6. The van der Waals surface area contributed by atoms with Crippen LogP contribution in [0, 0.1) is 11.3 Å². The van der Waals surface area contributed by atoms with Gasteiger partial charge >= 0.3 is 0 Å². The molecule has 2 amide bonds. The van der Waals surface area contributed by atoms with Crippen LogP contribution < -0.4 is 16.0 Å². The maximum Gasteiger partial charge on any atom is 0.243 e. The zero-order chi connectivity index (χ0) is 20.8. The number of carbonyl (C=O) groups excluding carboxylic acids is 2. The van der Waals surface area contributed by atoms with Crippen LogP contribution in [0.1, 0.15) is 37.7 Å². The summed E-state index contributed by atoms with van der Waals surface area (Å²) < 4.78 is 5.54. The number of ether oxygens (including phenoxy) is 1. The van der Waals surface area contributed by atoms with Crippen molar-refractivity contribution in [2.45, 2.75) is 50.6 Å². The maximum absolute atomic E-state index is 13.4. The summed E-state index contributed by atoms with van der Waals surface area (Å²) in [6, 6.07) is 9.49. The zero-order valence-electron chi connectivity index (χ0n) is 17.6. The molecule has 0 unspecified atom stereocenters. The van der Waals surface area contributed by atoms with Crippen molar-refractivity contribution in [1.29, 1.82) is 0 Å². The first kappa shape index (κ1) is 21.1. The van der Waals surface area contributed by atoms with Crippen LogP contribution >= 0.6 is 0 Å². The van der Waals surface area contributed by atoms with Crippen molar-refractivity contribution in [3.63, 3.8) is 0 Å². The third-order valence-corrected chi connectivity index (χ3v) is 6.89. The topological polar surface area (TPSA) is 79.5 Å². The first-order valence-electron chi connectivity index (χ1n) is 11.2. The van der Waals surface area contributed by atoms with E-state index in [0.717, 1.165) is 31.5 Å². The van der Waals surface area contributed by atoms with Gasteiger partial charge in [-0.05, 0) is 50.1 Å². The minimum absolute atomic E-state index is 0.0195. The Morgan fingerprint density at radius 1 is 1.03 bits per heavy atom. The summed E-state index contributed by atoms with van der Waals surface area (Å²) in [5.41, 5.74) is 0.556. The lowest BCUT2D eigenvalue weighted by Crippen LogP contribution is -2.57. The first-order chi connectivity index (χ1) is 14.7. The fourth-order valence-electron chi connectivity index (χ4n) is 4.88. The normalized spacial score (nSPS) is 29.8. The molecule has 0 saturated carbocycles. The summed E-state index contributed by atoms with van der Waals surface area (Å²) in [7, 11) is 0. The lowest BCUT2D eigenvalue weighted by molar-refractivity contribution is -0.140. The molecule has 3 aliphatic rings. The van der Waals surface area contributed by atoms with Gasteiger partial charge in [0, 0.05) is 32.2 Å². The number of carbonyl (C=O) groups is 2. The van der Waals surface area contributed by atoms with Gasteiger partial charge in [0.05, 0.1) is 5.41 Å². The Morgan fingerprint density at radius 3 is 2.63 bits per heavy atom. The molecule has 2 saturated heterocycles. The molecular formula is C24H33N3O3. The summed E-state index contributed by atoms with van der Waals surface area (Å²) in [6.45, 7) is 2.99. The second kappa shape index (κ2) is 9.75. The number of fused-ring (bicyclic) bond motifs is 1. The van der Waals surface area contributed by atoms with E-state index in [1.165, 1.54) is 0 Å². The van der Waals surface area contributed by atoms with Gasteiger partial charge in [-0.25, -0.2) is 0 Å². The lowest BCUT2D eigenvalue weighted by atomic mass is 9.75. The highest BCUT2D eigenvalue weighted by Gasteiger charge is 2.41. The SMILES string of the molecule is O=C1N[C@@H]2CCNC[C@H]2CC=CCC2(CCOCC2)C(=O)N[C@H]1Cc1ccccc1. The van der Waals surface area contributed by atoms with Gasteiger partial charge in [-0.2, -0.15) is 0 Å². The van der Waals surface area contributed by atoms with Crippen molar-refractivity contribution in [3.05, 3.63) is 48.0 Å². The van der Waals surface area contributed by atoms with Gasteiger partial charge in [-0.3, -0.25) is 9.59 Å². The monoisotopic (exact) mass is 411 g/mol. The molecule has 2 fully saturated rings. The molecule has 1 aromatic carbocycles. The largest absolute Gasteiger partial charge is 0.381 e. The van der Waals surface area contributed by atoms with Gasteiger partial charge in [0.15, 0.2) is 0 Å². The highest BCUT2D eigenvalue weighted by Crippen LogP contribution is 2.35. The number of hydrogen-bond donors (Lipinski definition) is 3. The molecule has 0 radical (unpaired) electrons. The van der Waals surface area contributed by atoms with E-state index in [0.29, 0.717) is 44.8 Å². The molecular weight excluding hydrogens is 378 g/mol. The molecule has 0 aliphatic carbocycles. The second-order valence-corrected chi connectivity index (χ2v) is 8.89. The Balaban J connectivity index is 1.61. The molecule has 4 rings (SSSR count). The van der Waals surface area contributed by atoms with Crippen LogP contribution in [0.25, 0.3) is 0 Å². The summed E-state index contributed by atoms with van der Waals surface area (Å²) in [6.07, 6.45) is 8.78. The molecule has 3 heterocycles. The van der Waals surface area contributed by atoms with E-state index in [4.69, 9.17) is 4.74 Å².